The summed E-state index contributed by atoms with van der Waals surface area (Å²) >= 11 is 0. The highest BCUT2D eigenvalue weighted by molar-refractivity contribution is 5.71. The Hall–Kier alpha value is -3.93. The van der Waals surface area contributed by atoms with Gasteiger partial charge >= 0.3 is 17.9 Å². The van der Waals surface area contributed by atoms with Gasteiger partial charge < -0.3 is 14.2 Å². The summed E-state index contributed by atoms with van der Waals surface area (Å²) in [4.78, 5) is 38.4. The third-order valence-electron chi connectivity index (χ3n) is 15.2. The zero-order chi connectivity index (χ0) is 59.9. The van der Waals surface area contributed by atoms with Crippen molar-refractivity contribution in [3.63, 3.8) is 0 Å². The number of hydrogen-bond donors (Lipinski definition) is 0. The molecule has 0 spiro atoms. The molecular weight excluding hydrogens is 1020 g/mol. The van der Waals surface area contributed by atoms with Gasteiger partial charge in [-0.2, -0.15) is 0 Å². The molecular formula is C77H132O6. The van der Waals surface area contributed by atoms with E-state index in [4.69, 9.17) is 14.2 Å². The second-order valence-electron chi connectivity index (χ2n) is 23.4. The molecule has 0 saturated carbocycles. The highest BCUT2D eigenvalue weighted by atomic mass is 16.6. The van der Waals surface area contributed by atoms with Crippen LogP contribution in [0.5, 0.6) is 0 Å². The van der Waals surface area contributed by atoms with E-state index in [0.29, 0.717) is 19.3 Å². The minimum Gasteiger partial charge on any atom is -0.462 e. The molecule has 0 aliphatic heterocycles. The van der Waals surface area contributed by atoms with Crippen LogP contribution < -0.4 is 0 Å². The van der Waals surface area contributed by atoms with Crippen molar-refractivity contribution in [1.29, 1.82) is 0 Å². The first-order valence-corrected chi connectivity index (χ1v) is 35.4. The number of hydrogen-bond acceptors (Lipinski definition) is 6. The maximum absolute atomic E-state index is 12.9. The molecule has 0 aliphatic rings. The molecule has 83 heavy (non-hydrogen) atoms. The molecule has 0 bridgehead atoms. The number of ether oxygens (including phenoxy) is 3. The molecule has 0 radical (unpaired) electrons. The van der Waals surface area contributed by atoms with Gasteiger partial charge in [0, 0.05) is 19.3 Å². The Balaban J connectivity index is 4.34. The second-order valence-corrected chi connectivity index (χ2v) is 23.4. The van der Waals surface area contributed by atoms with E-state index < -0.39 is 6.10 Å². The highest BCUT2D eigenvalue weighted by Gasteiger charge is 2.19. The lowest BCUT2D eigenvalue weighted by Crippen LogP contribution is -2.30. The van der Waals surface area contributed by atoms with Gasteiger partial charge in [-0.3, -0.25) is 14.4 Å². The first kappa shape index (κ1) is 79.1. The van der Waals surface area contributed by atoms with Gasteiger partial charge in [0.2, 0.25) is 0 Å². The van der Waals surface area contributed by atoms with E-state index in [2.05, 4.69) is 130 Å². The van der Waals surface area contributed by atoms with Gasteiger partial charge in [-0.25, -0.2) is 0 Å². The summed E-state index contributed by atoms with van der Waals surface area (Å²) < 4.78 is 16.9. The molecule has 6 nitrogen and oxygen atoms in total. The van der Waals surface area contributed by atoms with Gasteiger partial charge in [-0.05, 0) is 128 Å². The van der Waals surface area contributed by atoms with Crippen LogP contribution in [0.1, 0.15) is 342 Å². The average molecular weight is 1150 g/mol. The largest absolute Gasteiger partial charge is 0.462 e. The molecule has 0 aliphatic carbocycles. The molecule has 0 saturated heterocycles. The second kappa shape index (κ2) is 70.6. The SMILES string of the molecule is CC/C=C\C/C=C\C/C=C\C/C=C\C/C=C\C/C=C\CCCCC(=O)OC(COC(=O)CCCCCCC/C=C\CCCCCCCC)COC(=O)CCCCCCCCCCCCCCCCCCC/C=C\C/C=C\CCCCCCC. The maximum atomic E-state index is 12.9. The molecule has 0 amide bonds. The van der Waals surface area contributed by atoms with Gasteiger partial charge in [0.1, 0.15) is 13.2 Å². The summed E-state index contributed by atoms with van der Waals surface area (Å²) in [7, 11) is 0. The van der Waals surface area contributed by atoms with Crippen molar-refractivity contribution < 1.29 is 28.6 Å². The van der Waals surface area contributed by atoms with E-state index >= 15 is 0 Å². The number of rotatable bonds is 64. The fourth-order valence-electron chi connectivity index (χ4n) is 9.94. The molecule has 0 N–H and O–H groups in total. The molecule has 0 aromatic rings. The molecule has 6 heteroatoms. The van der Waals surface area contributed by atoms with Crippen LogP contribution in [0, 0.1) is 0 Å². The van der Waals surface area contributed by atoms with Crippen LogP contribution in [0.25, 0.3) is 0 Å². The Morgan fingerprint density at radius 3 is 0.771 bits per heavy atom. The minimum absolute atomic E-state index is 0.0971. The van der Waals surface area contributed by atoms with E-state index in [-0.39, 0.29) is 37.5 Å². The fraction of sp³-hybridized carbons (Fsp3) is 0.727. The van der Waals surface area contributed by atoms with Crippen LogP contribution in [0.3, 0.4) is 0 Å². The van der Waals surface area contributed by atoms with E-state index in [1.54, 1.807) is 0 Å². The minimum atomic E-state index is -0.807. The zero-order valence-corrected chi connectivity index (χ0v) is 54.7. The van der Waals surface area contributed by atoms with Gasteiger partial charge in [0.25, 0.3) is 0 Å². The average Bonchev–Trinajstić information content (AvgIpc) is 3.49. The Labute approximate surface area is 514 Å². The molecule has 0 rings (SSSR count). The zero-order valence-electron chi connectivity index (χ0n) is 54.7. The van der Waals surface area contributed by atoms with Crippen molar-refractivity contribution in [2.24, 2.45) is 0 Å². The quantitative estimate of drug-likeness (QED) is 0.0261. The number of esters is 3. The van der Waals surface area contributed by atoms with Crippen LogP contribution >= 0.6 is 0 Å². The molecule has 476 valence electrons. The third-order valence-corrected chi connectivity index (χ3v) is 15.2. The third kappa shape index (κ3) is 68.7. The molecule has 1 atom stereocenters. The molecule has 0 aromatic heterocycles. The van der Waals surface area contributed by atoms with Gasteiger partial charge in [-0.15, -0.1) is 0 Å². The van der Waals surface area contributed by atoms with Gasteiger partial charge in [0.05, 0.1) is 0 Å². The smallest absolute Gasteiger partial charge is 0.306 e. The van der Waals surface area contributed by atoms with Crippen molar-refractivity contribution in [3.05, 3.63) is 109 Å². The summed E-state index contributed by atoms with van der Waals surface area (Å²) in [6.07, 6.45) is 96.9. The first-order chi connectivity index (χ1) is 41.0. The Morgan fingerprint density at radius 1 is 0.253 bits per heavy atom. The van der Waals surface area contributed by atoms with Crippen LogP contribution in [-0.4, -0.2) is 37.2 Å². The van der Waals surface area contributed by atoms with E-state index in [1.807, 2.05) is 0 Å². The van der Waals surface area contributed by atoms with Crippen LogP contribution in [0.2, 0.25) is 0 Å². The summed E-state index contributed by atoms with van der Waals surface area (Å²) in [6, 6.07) is 0. The lowest BCUT2D eigenvalue weighted by Gasteiger charge is -2.18. The first-order valence-electron chi connectivity index (χ1n) is 35.4. The van der Waals surface area contributed by atoms with Crippen LogP contribution in [0.15, 0.2) is 109 Å². The molecule has 0 heterocycles. The predicted octanol–water partition coefficient (Wildman–Crippen LogP) is 24.6. The van der Waals surface area contributed by atoms with Crippen LogP contribution in [0.4, 0.5) is 0 Å². The Bertz CT molecular complexity index is 1660. The lowest BCUT2D eigenvalue weighted by molar-refractivity contribution is -0.167. The summed E-state index contributed by atoms with van der Waals surface area (Å²) in [5, 5.41) is 0. The highest BCUT2D eigenvalue weighted by Crippen LogP contribution is 2.17. The standard InChI is InChI=1S/C77H132O6/c1-4-7-10-13-16-19-22-25-28-30-32-34-35-36-37-38-39-40-41-43-44-46-49-52-55-58-61-64-67-70-76(79)82-73-74(72-81-75(78)69-66-63-60-57-54-51-48-27-24-21-18-15-12-9-6-3)83-77(80)71-68-65-62-59-56-53-50-47-45-42-33-31-29-26-23-20-17-14-11-8-5-2/h8,11,17,20,22,25-27,29-30,32-33,42,47-48,50,56,59,74H,4-7,9-10,12-16,18-19,21,23-24,28,31,34-41,43-46,49,51-55,57-58,60-73H2,1-3H3/b11-8-,20-17-,25-22-,29-26-,32-30-,42-33-,48-27-,50-47-,59-56-. The number of unbranched alkanes of at least 4 members (excludes halogenated alkanes) is 35. The lowest BCUT2D eigenvalue weighted by atomic mass is 10.0. The monoisotopic (exact) mass is 1150 g/mol. The van der Waals surface area contributed by atoms with E-state index in [1.165, 1.54) is 193 Å². The summed E-state index contributed by atoms with van der Waals surface area (Å²) in [5.41, 5.74) is 0. The van der Waals surface area contributed by atoms with Crippen molar-refractivity contribution in [2.75, 3.05) is 13.2 Å². The van der Waals surface area contributed by atoms with Gasteiger partial charge in [-0.1, -0.05) is 304 Å². The summed E-state index contributed by atoms with van der Waals surface area (Å²) in [6.45, 7) is 6.50. The van der Waals surface area contributed by atoms with Crippen molar-refractivity contribution in [3.8, 4) is 0 Å². The van der Waals surface area contributed by atoms with E-state index in [0.717, 1.165) is 103 Å². The summed E-state index contributed by atoms with van der Waals surface area (Å²) in [5.74, 6) is -0.937. The number of carbonyl (C=O) groups excluding carboxylic acids is 3. The van der Waals surface area contributed by atoms with Crippen molar-refractivity contribution in [2.45, 2.75) is 348 Å². The predicted molar refractivity (Wildman–Crippen MR) is 362 cm³/mol. The number of carbonyl (C=O) groups is 3. The molecule has 1 unspecified atom stereocenters. The Morgan fingerprint density at radius 2 is 0.470 bits per heavy atom. The topological polar surface area (TPSA) is 78.9 Å². The molecule has 0 aromatic carbocycles. The maximum Gasteiger partial charge on any atom is 0.306 e. The normalized spacial score (nSPS) is 12.8. The number of allylic oxidation sites excluding steroid dienone is 18. The fourth-order valence-corrected chi connectivity index (χ4v) is 9.94. The Kier molecular flexibility index (Phi) is 67.2. The van der Waals surface area contributed by atoms with Crippen LogP contribution in [-0.2, 0) is 28.6 Å². The van der Waals surface area contributed by atoms with E-state index in [9.17, 15) is 14.4 Å². The van der Waals surface area contributed by atoms with Crippen molar-refractivity contribution >= 4 is 17.9 Å². The van der Waals surface area contributed by atoms with Gasteiger partial charge in [0.15, 0.2) is 6.10 Å². The molecule has 0 fully saturated rings. The van der Waals surface area contributed by atoms with Crippen molar-refractivity contribution in [1.82, 2.24) is 0 Å².